The lowest BCUT2D eigenvalue weighted by molar-refractivity contribution is 0.291. The fourth-order valence-electron chi connectivity index (χ4n) is 3.69. The molecular formula is C18H24N8O. The van der Waals surface area contributed by atoms with Crippen molar-refractivity contribution in [2.75, 3.05) is 38.6 Å². The molecule has 0 radical (unpaired) electrons. The fraction of sp³-hybridized carbons (Fsp3) is 0.444. The average Bonchev–Trinajstić information content (AvgIpc) is 3.31. The lowest BCUT2D eigenvalue weighted by atomic mass is 9.97. The van der Waals surface area contributed by atoms with E-state index in [0.29, 0.717) is 17.4 Å². The van der Waals surface area contributed by atoms with Crippen LogP contribution in [0.1, 0.15) is 12.8 Å². The maximum Gasteiger partial charge on any atom is 0.296 e. The Hall–Kier alpha value is -2.94. The highest BCUT2D eigenvalue weighted by Crippen LogP contribution is 2.22. The highest BCUT2D eigenvalue weighted by molar-refractivity contribution is 5.44. The Morgan fingerprint density at radius 1 is 1.30 bits per heavy atom. The summed E-state index contributed by atoms with van der Waals surface area (Å²) < 4.78 is 3.11. The number of rotatable bonds is 5. The summed E-state index contributed by atoms with van der Waals surface area (Å²) in [5, 5.41) is 2.98. The van der Waals surface area contributed by atoms with Crippen LogP contribution in [0.3, 0.4) is 0 Å². The molecule has 1 aliphatic heterocycles. The number of aromatic amines is 1. The molecule has 0 spiro atoms. The number of imidazole rings is 1. The minimum Gasteiger partial charge on any atom is -0.356 e. The van der Waals surface area contributed by atoms with Gasteiger partial charge in [-0.1, -0.05) is 0 Å². The summed E-state index contributed by atoms with van der Waals surface area (Å²) in [7, 11) is 4.22. The van der Waals surface area contributed by atoms with Crippen LogP contribution < -0.4 is 10.5 Å². The molecule has 4 heterocycles. The predicted molar refractivity (Wildman–Crippen MR) is 103 cm³/mol. The molecule has 1 aliphatic rings. The van der Waals surface area contributed by atoms with Gasteiger partial charge in [-0.05, 0) is 32.9 Å². The maximum absolute atomic E-state index is 12.7. The summed E-state index contributed by atoms with van der Waals surface area (Å²) in [5.41, 5.74) is 0.318. The van der Waals surface area contributed by atoms with Gasteiger partial charge in [0.1, 0.15) is 17.8 Å². The summed E-state index contributed by atoms with van der Waals surface area (Å²) in [6, 6.07) is 1.87. The van der Waals surface area contributed by atoms with Crippen LogP contribution in [0.15, 0.2) is 42.1 Å². The SMILES string of the molecule is CN(C)CC1CCCN(c2cc(-n3[nH]cc(-n4ccnc4)c3=O)ncn2)C1. The molecule has 0 saturated carbocycles. The molecule has 1 saturated heterocycles. The van der Waals surface area contributed by atoms with Gasteiger partial charge < -0.3 is 9.80 Å². The van der Waals surface area contributed by atoms with Crippen molar-refractivity contribution in [1.82, 2.24) is 34.2 Å². The van der Waals surface area contributed by atoms with Crippen molar-refractivity contribution in [3.05, 3.63) is 47.7 Å². The molecular weight excluding hydrogens is 344 g/mol. The van der Waals surface area contributed by atoms with Crippen molar-refractivity contribution in [2.24, 2.45) is 5.92 Å². The van der Waals surface area contributed by atoms with Gasteiger partial charge in [-0.25, -0.2) is 15.0 Å². The lowest BCUT2D eigenvalue weighted by Crippen LogP contribution is -2.40. The molecule has 9 nitrogen and oxygen atoms in total. The van der Waals surface area contributed by atoms with Gasteiger partial charge in [-0.15, -0.1) is 0 Å². The van der Waals surface area contributed by atoms with E-state index in [-0.39, 0.29) is 5.56 Å². The van der Waals surface area contributed by atoms with Crippen LogP contribution in [0.2, 0.25) is 0 Å². The van der Waals surface area contributed by atoms with Crippen LogP contribution in [0.4, 0.5) is 5.82 Å². The van der Waals surface area contributed by atoms with E-state index in [1.807, 2.05) is 6.07 Å². The second kappa shape index (κ2) is 7.36. The van der Waals surface area contributed by atoms with Crippen LogP contribution in [0.25, 0.3) is 11.5 Å². The Morgan fingerprint density at radius 3 is 2.93 bits per heavy atom. The predicted octanol–water partition coefficient (Wildman–Crippen LogP) is 0.919. The zero-order chi connectivity index (χ0) is 18.8. The summed E-state index contributed by atoms with van der Waals surface area (Å²) >= 11 is 0. The van der Waals surface area contributed by atoms with Crippen molar-refractivity contribution in [2.45, 2.75) is 12.8 Å². The number of aromatic nitrogens is 6. The van der Waals surface area contributed by atoms with Gasteiger partial charge in [-0.2, -0.15) is 4.68 Å². The van der Waals surface area contributed by atoms with Crippen molar-refractivity contribution in [3.63, 3.8) is 0 Å². The lowest BCUT2D eigenvalue weighted by Gasteiger charge is -2.34. The van der Waals surface area contributed by atoms with Crippen LogP contribution in [-0.4, -0.2) is 67.9 Å². The summed E-state index contributed by atoms with van der Waals surface area (Å²) in [5.74, 6) is 2.01. The second-order valence-electron chi connectivity index (χ2n) is 7.22. The quantitative estimate of drug-likeness (QED) is 0.721. The molecule has 1 fully saturated rings. The largest absolute Gasteiger partial charge is 0.356 e. The number of hydrogen-bond acceptors (Lipinski definition) is 6. The minimum atomic E-state index is -0.179. The van der Waals surface area contributed by atoms with E-state index in [9.17, 15) is 4.79 Å². The Balaban J connectivity index is 1.59. The zero-order valence-corrected chi connectivity index (χ0v) is 15.6. The molecule has 0 aromatic carbocycles. The van der Waals surface area contributed by atoms with Crippen LogP contribution >= 0.6 is 0 Å². The number of piperidine rings is 1. The van der Waals surface area contributed by atoms with Crippen LogP contribution in [-0.2, 0) is 0 Å². The van der Waals surface area contributed by atoms with Crippen molar-refractivity contribution in [3.8, 4) is 11.5 Å². The molecule has 0 amide bonds. The monoisotopic (exact) mass is 368 g/mol. The zero-order valence-electron chi connectivity index (χ0n) is 15.6. The smallest absolute Gasteiger partial charge is 0.296 e. The molecule has 1 atom stereocenters. The van der Waals surface area contributed by atoms with Crippen LogP contribution in [0, 0.1) is 5.92 Å². The van der Waals surface area contributed by atoms with E-state index in [1.165, 1.54) is 17.4 Å². The van der Waals surface area contributed by atoms with Gasteiger partial charge in [-0.3, -0.25) is 14.5 Å². The van der Waals surface area contributed by atoms with Gasteiger partial charge in [0.15, 0.2) is 5.82 Å². The highest BCUT2D eigenvalue weighted by Gasteiger charge is 2.22. The van der Waals surface area contributed by atoms with Gasteiger partial charge in [0.25, 0.3) is 5.56 Å². The van der Waals surface area contributed by atoms with E-state index in [0.717, 1.165) is 31.9 Å². The first-order valence-corrected chi connectivity index (χ1v) is 9.12. The van der Waals surface area contributed by atoms with Crippen molar-refractivity contribution >= 4 is 5.82 Å². The van der Waals surface area contributed by atoms with E-state index in [2.05, 4.69) is 43.9 Å². The third-order valence-corrected chi connectivity index (χ3v) is 4.87. The van der Waals surface area contributed by atoms with E-state index in [1.54, 1.807) is 29.5 Å². The minimum absolute atomic E-state index is 0.179. The Labute approximate surface area is 157 Å². The Morgan fingerprint density at radius 2 is 2.15 bits per heavy atom. The topological polar surface area (TPSA) is 87.9 Å². The molecule has 0 bridgehead atoms. The molecule has 1 N–H and O–H groups in total. The maximum atomic E-state index is 12.7. The normalized spacial score (nSPS) is 17.6. The Bertz CT molecular complexity index is 942. The van der Waals surface area contributed by atoms with Gasteiger partial charge in [0.2, 0.25) is 0 Å². The molecule has 0 aliphatic carbocycles. The second-order valence-corrected chi connectivity index (χ2v) is 7.22. The molecule has 1 unspecified atom stereocenters. The third kappa shape index (κ3) is 3.63. The van der Waals surface area contributed by atoms with Gasteiger partial charge >= 0.3 is 0 Å². The molecule has 9 heteroatoms. The Kier molecular flexibility index (Phi) is 4.76. The molecule has 3 aromatic heterocycles. The average molecular weight is 368 g/mol. The first-order chi connectivity index (χ1) is 13.1. The standard InChI is InChI=1S/C18H24N8O/c1-23(2)10-14-4-3-6-24(11-14)16-8-17(21-12-20-16)26-18(27)15(9-22-26)25-7-5-19-13-25/h5,7-9,12-14,22H,3-4,6,10-11H2,1-2H3. The molecule has 3 aromatic rings. The van der Waals surface area contributed by atoms with Gasteiger partial charge in [0.05, 0.1) is 6.33 Å². The van der Waals surface area contributed by atoms with Crippen molar-refractivity contribution in [1.29, 1.82) is 0 Å². The van der Waals surface area contributed by atoms with Crippen molar-refractivity contribution < 1.29 is 0 Å². The summed E-state index contributed by atoms with van der Waals surface area (Å²) in [6.45, 7) is 3.01. The third-order valence-electron chi connectivity index (χ3n) is 4.87. The number of H-pyrrole nitrogens is 1. The summed E-state index contributed by atoms with van der Waals surface area (Å²) in [6.07, 6.45) is 10.5. The van der Waals surface area contributed by atoms with E-state index in [4.69, 9.17) is 0 Å². The number of nitrogens with one attached hydrogen (secondary N) is 1. The molecule has 4 rings (SSSR count). The molecule has 142 valence electrons. The van der Waals surface area contributed by atoms with Crippen LogP contribution in [0.5, 0.6) is 0 Å². The van der Waals surface area contributed by atoms with E-state index >= 15 is 0 Å². The number of hydrogen-bond donors (Lipinski definition) is 1. The fourth-order valence-corrected chi connectivity index (χ4v) is 3.69. The summed E-state index contributed by atoms with van der Waals surface area (Å²) in [4.78, 5) is 30.0. The van der Waals surface area contributed by atoms with E-state index < -0.39 is 0 Å². The highest BCUT2D eigenvalue weighted by atomic mass is 16.1. The van der Waals surface area contributed by atoms with Gasteiger partial charge in [0, 0.05) is 44.3 Å². The molecule has 27 heavy (non-hydrogen) atoms. The first kappa shape index (κ1) is 17.5. The number of nitrogens with zero attached hydrogens (tertiary/aromatic N) is 7. The first-order valence-electron chi connectivity index (χ1n) is 9.12. The number of anilines is 1.